The van der Waals surface area contributed by atoms with Crippen LogP contribution in [0.4, 0.5) is 0 Å². The normalized spacial score (nSPS) is 15.2. The van der Waals surface area contributed by atoms with Crippen LogP contribution in [0.1, 0.15) is 27.2 Å². The molecule has 0 amide bonds. The van der Waals surface area contributed by atoms with Gasteiger partial charge >= 0.3 is 0 Å². The van der Waals surface area contributed by atoms with E-state index < -0.39 is 0 Å². The molecular formula is C7H15NO. The largest absolute Gasteiger partial charge is 0.479 e. The van der Waals surface area contributed by atoms with E-state index in [1.807, 2.05) is 6.92 Å². The van der Waals surface area contributed by atoms with Gasteiger partial charge in [-0.25, -0.2) is 0 Å². The molecule has 1 rings (SSSR count). The molecule has 0 unspecified atom stereocenters. The SMILES string of the molecule is CC1=NCCO1.CCC. The van der Waals surface area contributed by atoms with Crippen LogP contribution in [0.5, 0.6) is 0 Å². The van der Waals surface area contributed by atoms with Gasteiger partial charge in [0.2, 0.25) is 0 Å². The molecule has 0 aromatic rings. The van der Waals surface area contributed by atoms with Crippen molar-refractivity contribution in [1.29, 1.82) is 0 Å². The maximum absolute atomic E-state index is 4.90. The van der Waals surface area contributed by atoms with Crippen molar-refractivity contribution in [3.63, 3.8) is 0 Å². The molecule has 0 aromatic heterocycles. The first kappa shape index (κ1) is 8.47. The van der Waals surface area contributed by atoms with Crippen LogP contribution in [0.2, 0.25) is 0 Å². The smallest absolute Gasteiger partial charge is 0.180 e. The van der Waals surface area contributed by atoms with Crippen LogP contribution in [0, 0.1) is 0 Å². The summed E-state index contributed by atoms with van der Waals surface area (Å²) in [7, 11) is 0. The Labute approximate surface area is 56.9 Å². The fraction of sp³-hybridized carbons (Fsp3) is 0.857. The Morgan fingerprint density at radius 2 is 2.11 bits per heavy atom. The van der Waals surface area contributed by atoms with Gasteiger partial charge in [0.25, 0.3) is 0 Å². The summed E-state index contributed by atoms with van der Waals surface area (Å²) in [5.41, 5.74) is 0. The van der Waals surface area contributed by atoms with E-state index >= 15 is 0 Å². The fourth-order valence-electron chi connectivity index (χ4n) is 0.442. The van der Waals surface area contributed by atoms with E-state index in [4.69, 9.17) is 4.74 Å². The molecule has 0 saturated heterocycles. The molecule has 1 heterocycles. The second-order valence-corrected chi connectivity index (χ2v) is 1.96. The predicted octanol–water partition coefficient (Wildman–Crippen LogP) is 1.85. The van der Waals surface area contributed by atoms with Gasteiger partial charge in [-0.05, 0) is 0 Å². The predicted molar refractivity (Wildman–Crippen MR) is 39.9 cm³/mol. The van der Waals surface area contributed by atoms with Gasteiger partial charge in [0, 0.05) is 6.92 Å². The average Bonchev–Trinajstić information content (AvgIpc) is 2.20. The molecule has 0 aliphatic carbocycles. The fourth-order valence-corrected chi connectivity index (χ4v) is 0.442. The van der Waals surface area contributed by atoms with Gasteiger partial charge < -0.3 is 4.74 Å². The van der Waals surface area contributed by atoms with Crippen LogP contribution in [0.25, 0.3) is 0 Å². The molecule has 0 fully saturated rings. The molecular weight excluding hydrogens is 114 g/mol. The quantitative estimate of drug-likeness (QED) is 0.489. The summed E-state index contributed by atoms with van der Waals surface area (Å²) in [6, 6.07) is 0. The van der Waals surface area contributed by atoms with Crippen molar-refractivity contribution in [2.75, 3.05) is 13.2 Å². The molecule has 0 N–H and O–H groups in total. The third kappa shape index (κ3) is 5.34. The molecule has 1 aliphatic rings. The maximum Gasteiger partial charge on any atom is 0.180 e. The summed E-state index contributed by atoms with van der Waals surface area (Å²) >= 11 is 0. The molecule has 0 atom stereocenters. The molecule has 2 heteroatoms. The van der Waals surface area contributed by atoms with Gasteiger partial charge in [0.1, 0.15) is 6.61 Å². The van der Waals surface area contributed by atoms with Gasteiger partial charge in [-0.1, -0.05) is 20.3 Å². The van der Waals surface area contributed by atoms with Crippen molar-refractivity contribution in [2.24, 2.45) is 4.99 Å². The zero-order valence-corrected chi connectivity index (χ0v) is 6.48. The minimum Gasteiger partial charge on any atom is -0.479 e. The van der Waals surface area contributed by atoms with Crippen molar-refractivity contribution in [1.82, 2.24) is 0 Å². The zero-order valence-electron chi connectivity index (χ0n) is 6.48. The number of hydrogen-bond donors (Lipinski definition) is 0. The highest BCUT2D eigenvalue weighted by Crippen LogP contribution is 1.89. The summed E-state index contributed by atoms with van der Waals surface area (Å²) in [4.78, 5) is 3.93. The summed E-state index contributed by atoms with van der Waals surface area (Å²) in [5.74, 6) is 0.829. The Hall–Kier alpha value is -0.530. The standard InChI is InChI=1S/C4H7NO.C3H8/c1-4-5-2-3-6-4;1-3-2/h2-3H2,1H3;3H2,1-2H3. The van der Waals surface area contributed by atoms with Crippen LogP contribution in [0.3, 0.4) is 0 Å². The van der Waals surface area contributed by atoms with Crippen LogP contribution >= 0.6 is 0 Å². The van der Waals surface area contributed by atoms with Crippen LogP contribution in [-0.2, 0) is 4.74 Å². The van der Waals surface area contributed by atoms with Crippen molar-refractivity contribution in [3.8, 4) is 0 Å². The second kappa shape index (κ2) is 5.60. The molecule has 54 valence electrons. The Kier molecular flexibility index (Phi) is 5.27. The van der Waals surface area contributed by atoms with E-state index in [1.165, 1.54) is 6.42 Å². The van der Waals surface area contributed by atoms with Crippen molar-refractivity contribution in [3.05, 3.63) is 0 Å². The summed E-state index contributed by atoms with van der Waals surface area (Å²) in [6.07, 6.45) is 1.25. The molecule has 0 bridgehead atoms. The van der Waals surface area contributed by atoms with E-state index in [0.29, 0.717) is 0 Å². The average molecular weight is 129 g/mol. The Morgan fingerprint density at radius 1 is 1.56 bits per heavy atom. The van der Waals surface area contributed by atoms with Crippen molar-refractivity contribution >= 4 is 5.90 Å². The highest BCUT2D eigenvalue weighted by molar-refractivity contribution is 5.74. The number of rotatable bonds is 0. The van der Waals surface area contributed by atoms with E-state index in [1.54, 1.807) is 0 Å². The first-order chi connectivity index (χ1) is 4.31. The third-order valence-corrected chi connectivity index (χ3v) is 0.737. The third-order valence-electron chi connectivity index (χ3n) is 0.737. The summed E-state index contributed by atoms with van der Waals surface area (Å²) < 4.78 is 4.90. The lowest BCUT2D eigenvalue weighted by Gasteiger charge is -1.86. The Morgan fingerprint density at radius 3 is 2.22 bits per heavy atom. The van der Waals surface area contributed by atoms with Gasteiger partial charge in [0.05, 0.1) is 6.54 Å². The maximum atomic E-state index is 4.90. The molecule has 9 heavy (non-hydrogen) atoms. The Bertz CT molecular complexity index is 88.9. The number of nitrogens with zero attached hydrogens (tertiary/aromatic N) is 1. The van der Waals surface area contributed by atoms with Crippen molar-refractivity contribution in [2.45, 2.75) is 27.2 Å². The lowest BCUT2D eigenvalue weighted by molar-refractivity contribution is 0.345. The van der Waals surface area contributed by atoms with Crippen LogP contribution < -0.4 is 0 Å². The van der Waals surface area contributed by atoms with Crippen LogP contribution in [-0.4, -0.2) is 19.0 Å². The molecule has 0 saturated carbocycles. The molecule has 0 radical (unpaired) electrons. The van der Waals surface area contributed by atoms with Crippen molar-refractivity contribution < 1.29 is 4.74 Å². The number of ether oxygens (including phenoxy) is 1. The van der Waals surface area contributed by atoms with E-state index in [9.17, 15) is 0 Å². The highest BCUT2D eigenvalue weighted by Gasteiger charge is 1.96. The lowest BCUT2D eigenvalue weighted by Crippen LogP contribution is -1.89. The molecule has 1 aliphatic heterocycles. The van der Waals surface area contributed by atoms with Crippen LogP contribution in [0.15, 0.2) is 4.99 Å². The van der Waals surface area contributed by atoms with Gasteiger partial charge in [-0.3, -0.25) is 4.99 Å². The van der Waals surface area contributed by atoms with Gasteiger partial charge in [-0.15, -0.1) is 0 Å². The number of aliphatic imine (C=N–C) groups is 1. The summed E-state index contributed by atoms with van der Waals surface area (Å²) in [6.45, 7) is 7.75. The number of hydrogen-bond acceptors (Lipinski definition) is 2. The van der Waals surface area contributed by atoms with E-state index in [-0.39, 0.29) is 0 Å². The minimum atomic E-state index is 0.784. The minimum absolute atomic E-state index is 0.784. The Balaban J connectivity index is 0.000000187. The second-order valence-electron chi connectivity index (χ2n) is 1.96. The molecule has 0 aromatic carbocycles. The molecule has 2 nitrogen and oxygen atoms in total. The highest BCUT2D eigenvalue weighted by atomic mass is 16.5. The van der Waals surface area contributed by atoms with Gasteiger partial charge in [-0.2, -0.15) is 0 Å². The first-order valence-electron chi connectivity index (χ1n) is 3.45. The van der Waals surface area contributed by atoms with E-state index in [2.05, 4.69) is 18.8 Å². The monoisotopic (exact) mass is 129 g/mol. The zero-order chi connectivity index (χ0) is 7.11. The van der Waals surface area contributed by atoms with Gasteiger partial charge in [0.15, 0.2) is 5.90 Å². The first-order valence-corrected chi connectivity index (χ1v) is 3.45. The lowest BCUT2D eigenvalue weighted by atomic mass is 10.6. The topological polar surface area (TPSA) is 21.6 Å². The van der Waals surface area contributed by atoms with E-state index in [0.717, 1.165) is 19.0 Å². The molecule has 0 spiro atoms. The summed E-state index contributed by atoms with van der Waals surface area (Å²) in [5, 5.41) is 0.